The van der Waals surface area contributed by atoms with Crippen LogP contribution in [-0.4, -0.2) is 55.6 Å². The van der Waals surface area contributed by atoms with Gasteiger partial charge in [-0.2, -0.15) is 0 Å². The van der Waals surface area contributed by atoms with Gasteiger partial charge in [0.15, 0.2) is 0 Å². The van der Waals surface area contributed by atoms with Gasteiger partial charge in [0.05, 0.1) is 0 Å². The number of piperazine rings is 1. The van der Waals surface area contributed by atoms with Crippen LogP contribution in [0.15, 0.2) is 18.2 Å². The molecule has 0 aliphatic carbocycles. The molecule has 3 rings (SSSR count). The lowest BCUT2D eigenvalue weighted by Crippen LogP contribution is -2.49. The minimum Gasteiger partial charge on any atom is -0.317 e. The first-order valence-corrected chi connectivity index (χ1v) is 8.75. The van der Waals surface area contributed by atoms with E-state index in [4.69, 9.17) is 0 Å². The monoisotopic (exact) mass is 323 g/mol. The summed E-state index contributed by atoms with van der Waals surface area (Å²) in [7, 11) is 0. The van der Waals surface area contributed by atoms with Crippen molar-refractivity contribution in [1.29, 1.82) is 0 Å². The van der Waals surface area contributed by atoms with Gasteiger partial charge in [-0.1, -0.05) is 6.07 Å². The topological polar surface area (TPSA) is 18.5 Å². The first-order valence-electron chi connectivity index (χ1n) is 8.75. The van der Waals surface area contributed by atoms with E-state index in [0.29, 0.717) is 5.56 Å². The van der Waals surface area contributed by atoms with Crippen LogP contribution in [0.4, 0.5) is 8.78 Å². The molecule has 2 aliphatic heterocycles. The third-order valence-electron chi connectivity index (χ3n) is 5.34. The largest absolute Gasteiger partial charge is 0.317 e. The van der Waals surface area contributed by atoms with Crippen LogP contribution in [0.1, 0.15) is 31.4 Å². The van der Waals surface area contributed by atoms with Crippen molar-refractivity contribution < 1.29 is 8.78 Å². The van der Waals surface area contributed by atoms with Gasteiger partial charge in [0, 0.05) is 50.4 Å². The highest BCUT2D eigenvalue weighted by Gasteiger charge is 2.25. The maximum Gasteiger partial charge on any atom is 0.130 e. The fraction of sp³-hybridized carbons (Fsp3) is 0.667. The number of hydrogen-bond acceptors (Lipinski definition) is 3. The Labute approximate surface area is 137 Å². The zero-order chi connectivity index (χ0) is 16.2. The molecule has 128 valence electrons. The van der Waals surface area contributed by atoms with Gasteiger partial charge in [-0.25, -0.2) is 8.78 Å². The standard InChI is InChI=1S/C18H27F2N3/c1-14(17-3-2-16(19)12-18(17)20)23-10-8-22(9-11-23)13-15-4-6-21-7-5-15/h2-3,12,14-15,21H,4-11,13H2,1H3. The van der Waals surface area contributed by atoms with E-state index in [-0.39, 0.29) is 6.04 Å². The van der Waals surface area contributed by atoms with Crippen molar-refractivity contribution in [3.05, 3.63) is 35.4 Å². The van der Waals surface area contributed by atoms with Gasteiger partial charge >= 0.3 is 0 Å². The Morgan fingerprint density at radius 1 is 1.13 bits per heavy atom. The van der Waals surface area contributed by atoms with Crippen molar-refractivity contribution in [1.82, 2.24) is 15.1 Å². The third kappa shape index (κ3) is 4.28. The van der Waals surface area contributed by atoms with Crippen LogP contribution >= 0.6 is 0 Å². The molecule has 0 saturated carbocycles. The highest BCUT2D eigenvalue weighted by Crippen LogP contribution is 2.25. The van der Waals surface area contributed by atoms with Crippen molar-refractivity contribution in [2.24, 2.45) is 5.92 Å². The summed E-state index contributed by atoms with van der Waals surface area (Å²) in [6.45, 7) is 9.46. The molecule has 23 heavy (non-hydrogen) atoms. The summed E-state index contributed by atoms with van der Waals surface area (Å²) < 4.78 is 27.0. The average Bonchev–Trinajstić information content (AvgIpc) is 2.56. The molecule has 0 radical (unpaired) electrons. The van der Waals surface area contributed by atoms with E-state index in [0.717, 1.165) is 51.3 Å². The average molecular weight is 323 g/mol. The SMILES string of the molecule is CC(c1ccc(F)cc1F)N1CCN(CC2CCNCC2)CC1. The predicted octanol–water partition coefficient (Wildman–Crippen LogP) is 2.64. The summed E-state index contributed by atoms with van der Waals surface area (Å²) in [6.07, 6.45) is 2.55. The number of piperidine rings is 1. The van der Waals surface area contributed by atoms with E-state index in [9.17, 15) is 8.78 Å². The van der Waals surface area contributed by atoms with Gasteiger partial charge in [-0.15, -0.1) is 0 Å². The van der Waals surface area contributed by atoms with E-state index in [1.807, 2.05) is 6.92 Å². The van der Waals surface area contributed by atoms with E-state index in [2.05, 4.69) is 15.1 Å². The Morgan fingerprint density at radius 3 is 2.48 bits per heavy atom. The zero-order valence-corrected chi connectivity index (χ0v) is 13.9. The van der Waals surface area contributed by atoms with Crippen LogP contribution < -0.4 is 5.32 Å². The van der Waals surface area contributed by atoms with E-state index < -0.39 is 11.6 Å². The van der Waals surface area contributed by atoms with E-state index >= 15 is 0 Å². The van der Waals surface area contributed by atoms with Crippen LogP contribution in [0.3, 0.4) is 0 Å². The molecule has 0 bridgehead atoms. The summed E-state index contributed by atoms with van der Waals surface area (Å²) in [5, 5.41) is 3.41. The number of nitrogens with zero attached hydrogens (tertiary/aromatic N) is 2. The first-order chi connectivity index (χ1) is 11.1. The molecule has 0 amide bonds. The Balaban J connectivity index is 1.51. The van der Waals surface area contributed by atoms with Gasteiger partial charge in [-0.05, 0) is 44.8 Å². The molecule has 1 aromatic rings. The fourth-order valence-corrected chi connectivity index (χ4v) is 3.80. The van der Waals surface area contributed by atoms with Crippen molar-refractivity contribution >= 4 is 0 Å². The molecule has 2 aliphatic rings. The maximum atomic E-state index is 14.0. The lowest BCUT2D eigenvalue weighted by Gasteiger charge is -2.40. The molecule has 0 aromatic heterocycles. The van der Waals surface area contributed by atoms with Crippen LogP contribution in [0.5, 0.6) is 0 Å². The minimum atomic E-state index is -0.509. The Kier molecular flexibility index (Phi) is 5.62. The zero-order valence-electron chi connectivity index (χ0n) is 13.9. The van der Waals surface area contributed by atoms with Crippen molar-refractivity contribution in [3.8, 4) is 0 Å². The molecular formula is C18H27F2N3. The molecule has 3 nitrogen and oxygen atoms in total. The third-order valence-corrected chi connectivity index (χ3v) is 5.34. The van der Waals surface area contributed by atoms with Crippen molar-refractivity contribution in [2.75, 3.05) is 45.8 Å². The predicted molar refractivity (Wildman–Crippen MR) is 88.4 cm³/mol. The summed E-state index contributed by atoms with van der Waals surface area (Å²) in [4.78, 5) is 4.84. The van der Waals surface area contributed by atoms with Crippen LogP contribution in [0.25, 0.3) is 0 Å². The second-order valence-electron chi connectivity index (χ2n) is 6.87. The first kappa shape index (κ1) is 16.8. The van der Waals surface area contributed by atoms with E-state index in [1.54, 1.807) is 6.07 Å². The maximum absolute atomic E-state index is 14.0. The van der Waals surface area contributed by atoms with Gasteiger partial charge in [0.2, 0.25) is 0 Å². The molecule has 2 fully saturated rings. The Hall–Kier alpha value is -1.04. The number of benzene rings is 1. The number of halogens is 2. The summed E-state index contributed by atoms with van der Waals surface area (Å²) >= 11 is 0. The second-order valence-corrected chi connectivity index (χ2v) is 6.87. The number of nitrogens with one attached hydrogen (secondary N) is 1. The quantitative estimate of drug-likeness (QED) is 0.919. The molecule has 1 atom stereocenters. The smallest absolute Gasteiger partial charge is 0.130 e. The summed E-state index contributed by atoms with van der Waals surface area (Å²) in [6, 6.07) is 3.91. The van der Waals surface area contributed by atoms with Gasteiger partial charge in [0.25, 0.3) is 0 Å². The molecule has 0 spiro atoms. The minimum absolute atomic E-state index is 0.00312. The van der Waals surface area contributed by atoms with Crippen molar-refractivity contribution in [3.63, 3.8) is 0 Å². The molecule has 5 heteroatoms. The van der Waals surface area contributed by atoms with Crippen molar-refractivity contribution in [2.45, 2.75) is 25.8 Å². The lowest BCUT2D eigenvalue weighted by atomic mass is 9.97. The highest BCUT2D eigenvalue weighted by molar-refractivity contribution is 5.21. The molecule has 2 saturated heterocycles. The summed E-state index contributed by atoms with van der Waals surface area (Å²) in [5.41, 5.74) is 0.596. The molecule has 1 aromatic carbocycles. The molecule has 1 N–H and O–H groups in total. The van der Waals surface area contributed by atoms with Crippen LogP contribution in [0, 0.1) is 17.6 Å². The normalized spacial score (nSPS) is 23.1. The fourth-order valence-electron chi connectivity index (χ4n) is 3.80. The number of rotatable bonds is 4. The number of hydrogen-bond donors (Lipinski definition) is 1. The molecule has 1 unspecified atom stereocenters. The lowest BCUT2D eigenvalue weighted by molar-refractivity contribution is 0.0857. The Bertz CT molecular complexity index is 509. The van der Waals surface area contributed by atoms with Gasteiger partial charge < -0.3 is 10.2 Å². The van der Waals surface area contributed by atoms with Gasteiger partial charge in [-0.3, -0.25) is 4.90 Å². The van der Waals surface area contributed by atoms with Crippen LogP contribution in [0.2, 0.25) is 0 Å². The molecular weight excluding hydrogens is 296 g/mol. The van der Waals surface area contributed by atoms with Crippen LogP contribution in [-0.2, 0) is 0 Å². The summed E-state index contributed by atoms with van der Waals surface area (Å²) in [5.74, 6) is -0.130. The highest BCUT2D eigenvalue weighted by atomic mass is 19.1. The van der Waals surface area contributed by atoms with E-state index in [1.165, 1.54) is 25.5 Å². The second kappa shape index (κ2) is 7.69. The Morgan fingerprint density at radius 2 is 1.83 bits per heavy atom. The van der Waals surface area contributed by atoms with Gasteiger partial charge in [0.1, 0.15) is 11.6 Å². The molecule has 2 heterocycles.